The molecule has 2 fully saturated rings. The standard InChI is InChI=1S/C21H33N3O/c1-2-6-20(22)19-13-18(24-17-9-10-17)11-12-21(19)23-15-25-14-16-7-4-3-5-8-16/h4,7-8,17-18,24H,2-3,5-6,9-15,22H2,1H3/b20-19-,23-21+. The maximum absolute atomic E-state index is 6.39. The first-order valence-electron chi connectivity index (χ1n) is 9.96. The fraction of sp³-hybridized carbons (Fsp3) is 0.667. The second kappa shape index (κ2) is 9.35. The van der Waals surface area contributed by atoms with Crippen LogP contribution in [-0.2, 0) is 4.74 Å². The molecule has 3 aliphatic carbocycles. The summed E-state index contributed by atoms with van der Waals surface area (Å²) in [4.78, 5) is 4.76. The van der Waals surface area contributed by atoms with Crippen LogP contribution < -0.4 is 11.1 Å². The minimum atomic E-state index is 0.435. The van der Waals surface area contributed by atoms with Crippen LogP contribution >= 0.6 is 0 Å². The Labute approximate surface area is 152 Å². The Hall–Kier alpha value is -1.39. The molecule has 1 atom stereocenters. The maximum Gasteiger partial charge on any atom is 0.138 e. The van der Waals surface area contributed by atoms with Gasteiger partial charge in [0.15, 0.2) is 0 Å². The van der Waals surface area contributed by atoms with E-state index >= 15 is 0 Å². The molecular formula is C21H33N3O. The van der Waals surface area contributed by atoms with Crippen molar-refractivity contribution in [1.29, 1.82) is 0 Å². The quantitative estimate of drug-likeness (QED) is 0.655. The summed E-state index contributed by atoms with van der Waals surface area (Å²) in [5, 5.41) is 3.76. The van der Waals surface area contributed by atoms with E-state index in [1.54, 1.807) is 0 Å². The Morgan fingerprint density at radius 3 is 2.88 bits per heavy atom. The van der Waals surface area contributed by atoms with E-state index in [2.05, 4.69) is 30.5 Å². The zero-order chi connectivity index (χ0) is 17.5. The SMILES string of the molecule is CCC/C(N)=C1\CC(NC2CC2)CC\C1=N/COCC1=CCCC=C1. The molecule has 0 heterocycles. The van der Waals surface area contributed by atoms with Crippen LogP contribution in [0.25, 0.3) is 0 Å². The summed E-state index contributed by atoms with van der Waals surface area (Å²) in [6.07, 6.45) is 16.8. The summed E-state index contributed by atoms with van der Waals surface area (Å²) in [7, 11) is 0. The molecule has 0 aliphatic heterocycles. The van der Waals surface area contributed by atoms with Gasteiger partial charge in [-0.2, -0.15) is 0 Å². The maximum atomic E-state index is 6.39. The van der Waals surface area contributed by atoms with Crippen LogP contribution in [0.1, 0.15) is 64.7 Å². The van der Waals surface area contributed by atoms with E-state index in [-0.39, 0.29) is 0 Å². The van der Waals surface area contributed by atoms with Gasteiger partial charge in [0.1, 0.15) is 6.73 Å². The number of hydrogen-bond acceptors (Lipinski definition) is 4. The molecule has 0 radical (unpaired) electrons. The zero-order valence-electron chi connectivity index (χ0n) is 15.6. The second-order valence-corrected chi connectivity index (χ2v) is 7.48. The Morgan fingerprint density at radius 1 is 1.28 bits per heavy atom. The first-order chi connectivity index (χ1) is 12.3. The summed E-state index contributed by atoms with van der Waals surface area (Å²) < 4.78 is 5.78. The van der Waals surface area contributed by atoms with Gasteiger partial charge in [0, 0.05) is 23.5 Å². The number of nitrogens with one attached hydrogen (secondary N) is 1. The first kappa shape index (κ1) is 18.4. The lowest BCUT2D eigenvalue weighted by Crippen LogP contribution is -2.37. The highest BCUT2D eigenvalue weighted by molar-refractivity contribution is 6.01. The van der Waals surface area contributed by atoms with Crippen LogP contribution in [0.3, 0.4) is 0 Å². The van der Waals surface area contributed by atoms with Crippen molar-refractivity contribution in [2.45, 2.75) is 76.8 Å². The monoisotopic (exact) mass is 343 g/mol. The van der Waals surface area contributed by atoms with Crippen molar-refractivity contribution in [2.75, 3.05) is 13.3 Å². The largest absolute Gasteiger partial charge is 0.402 e. The molecule has 0 bridgehead atoms. The molecule has 3 rings (SSSR count). The van der Waals surface area contributed by atoms with Crippen molar-refractivity contribution in [3.63, 3.8) is 0 Å². The lowest BCUT2D eigenvalue weighted by molar-refractivity contribution is 0.166. The second-order valence-electron chi connectivity index (χ2n) is 7.48. The van der Waals surface area contributed by atoms with Gasteiger partial charge in [-0.15, -0.1) is 0 Å². The van der Waals surface area contributed by atoms with Crippen molar-refractivity contribution in [2.24, 2.45) is 10.7 Å². The molecule has 2 saturated carbocycles. The zero-order valence-corrected chi connectivity index (χ0v) is 15.6. The molecule has 0 spiro atoms. The number of nitrogens with two attached hydrogens (primary N) is 1. The fourth-order valence-electron chi connectivity index (χ4n) is 3.63. The van der Waals surface area contributed by atoms with Crippen molar-refractivity contribution in [3.05, 3.63) is 35.1 Å². The van der Waals surface area contributed by atoms with Crippen LogP contribution in [0.15, 0.2) is 40.1 Å². The smallest absolute Gasteiger partial charge is 0.138 e. The van der Waals surface area contributed by atoms with Crippen molar-refractivity contribution in [1.82, 2.24) is 5.32 Å². The van der Waals surface area contributed by atoms with Crippen LogP contribution in [0.4, 0.5) is 0 Å². The molecular weight excluding hydrogens is 310 g/mol. The van der Waals surface area contributed by atoms with Gasteiger partial charge < -0.3 is 15.8 Å². The van der Waals surface area contributed by atoms with E-state index in [1.165, 1.54) is 29.7 Å². The Balaban J connectivity index is 1.56. The molecule has 138 valence electrons. The minimum Gasteiger partial charge on any atom is -0.402 e. The van der Waals surface area contributed by atoms with Crippen LogP contribution in [-0.4, -0.2) is 31.1 Å². The van der Waals surface area contributed by atoms with Gasteiger partial charge in [-0.25, -0.2) is 0 Å². The topological polar surface area (TPSA) is 59.6 Å². The lowest BCUT2D eigenvalue weighted by Gasteiger charge is -2.28. The van der Waals surface area contributed by atoms with Crippen molar-refractivity contribution >= 4 is 5.71 Å². The summed E-state index contributed by atoms with van der Waals surface area (Å²) in [6, 6.07) is 1.31. The number of ether oxygens (including phenoxy) is 1. The normalized spacial score (nSPS) is 27.5. The van der Waals surface area contributed by atoms with Gasteiger partial charge >= 0.3 is 0 Å². The Bertz CT molecular complexity index is 570. The molecule has 0 aromatic heterocycles. The molecule has 0 saturated heterocycles. The van der Waals surface area contributed by atoms with Gasteiger partial charge in [-0.3, -0.25) is 4.99 Å². The molecule has 3 aliphatic rings. The summed E-state index contributed by atoms with van der Waals surface area (Å²) in [5.74, 6) is 0. The minimum absolute atomic E-state index is 0.435. The summed E-state index contributed by atoms with van der Waals surface area (Å²) >= 11 is 0. The number of aliphatic imine (C=N–C) groups is 1. The van der Waals surface area contributed by atoms with Gasteiger partial charge in [0.2, 0.25) is 0 Å². The van der Waals surface area contributed by atoms with E-state index in [1.807, 2.05) is 0 Å². The number of nitrogens with zero attached hydrogens (tertiary/aromatic N) is 1. The lowest BCUT2D eigenvalue weighted by atomic mass is 9.86. The summed E-state index contributed by atoms with van der Waals surface area (Å²) in [6.45, 7) is 3.27. The van der Waals surface area contributed by atoms with Gasteiger partial charge in [-0.1, -0.05) is 31.6 Å². The third-order valence-electron chi connectivity index (χ3n) is 5.17. The summed E-state index contributed by atoms with van der Waals surface area (Å²) in [5.41, 5.74) is 11.1. The van der Waals surface area contributed by atoms with E-state index in [9.17, 15) is 0 Å². The first-order valence-corrected chi connectivity index (χ1v) is 9.96. The Kier molecular flexibility index (Phi) is 6.88. The molecule has 3 N–H and O–H groups in total. The molecule has 4 heteroatoms. The average molecular weight is 344 g/mol. The van der Waals surface area contributed by atoms with Crippen LogP contribution in [0.5, 0.6) is 0 Å². The average Bonchev–Trinajstić information content (AvgIpc) is 3.44. The molecule has 0 amide bonds. The number of allylic oxidation sites excluding steroid dienone is 3. The third-order valence-corrected chi connectivity index (χ3v) is 5.17. The van der Waals surface area contributed by atoms with E-state index in [4.69, 9.17) is 15.5 Å². The fourth-order valence-corrected chi connectivity index (χ4v) is 3.63. The molecule has 1 unspecified atom stereocenters. The highest BCUT2D eigenvalue weighted by Gasteiger charge is 2.29. The van der Waals surface area contributed by atoms with Crippen molar-refractivity contribution in [3.8, 4) is 0 Å². The molecule has 25 heavy (non-hydrogen) atoms. The van der Waals surface area contributed by atoms with Gasteiger partial charge in [0.25, 0.3) is 0 Å². The molecule has 0 aromatic rings. The predicted octanol–water partition coefficient (Wildman–Crippen LogP) is 4.00. The van der Waals surface area contributed by atoms with E-state index < -0.39 is 0 Å². The highest BCUT2D eigenvalue weighted by Crippen LogP contribution is 2.28. The van der Waals surface area contributed by atoms with E-state index in [0.717, 1.165) is 56.7 Å². The molecule has 0 aromatic carbocycles. The van der Waals surface area contributed by atoms with Crippen LogP contribution in [0, 0.1) is 0 Å². The molecule has 4 nitrogen and oxygen atoms in total. The Morgan fingerprint density at radius 2 is 2.16 bits per heavy atom. The van der Waals surface area contributed by atoms with Gasteiger partial charge in [0.05, 0.1) is 6.61 Å². The van der Waals surface area contributed by atoms with Crippen molar-refractivity contribution < 1.29 is 4.74 Å². The van der Waals surface area contributed by atoms with E-state index in [0.29, 0.717) is 19.4 Å². The van der Waals surface area contributed by atoms with Gasteiger partial charge in [-0.05, 0) is 62.5 Å². The van der Waals surface area contributed by atoms with Crippen LogP contribution in [0.2, 0.25) is 0 Å². The number of rotatable bonds is 8. The third kappa shape index (κ3) is 5.82. The highest BCUT2D eigenvalue weighted by atomic mass is 16.5. The number of hydrogen-bond donors (Lipinski definition) is 2. The predicted molar refractivity (Wildman–Crippen MR) is 105 cm³/mol.